The Labute approximate surface area is 127 Å². The van der Waals surface area contributed by atoms with Crippen LogP contribution in [-0.2, 0) is 4.79 Å². The van der Waals surface area contributed by atoms with Crippen molar-refractivity contribution >= 4 is 5.91 Å². The summed E-state index contributed by atoms with van der Waals surface area (Å²) in [5, 5.41) is 14.9. The van der Waals surface area contributed by atoms with Crippen molar-refractivity contribution in [1.82, 2.24) is 10.6 Å². The first-order valence-corrected chi connectivity index (χ1v) is 7.96. The number of nitrogens with one attached hydrogen (secondary N) is 2. The van der Waals surface area contributed by atoms with E-state index in [1.54, 1.807) is 0 Å². The number of carbonyl (C=O) groups is 1. The lowest BCUT2D eigenvalue weighted by molar-refractivity contribution is -0.122. The van der Waals surface area contributed by atoms with Gasteiger partial charge in [0, 0.05) is 18.0 Å². The second-order valence-corrected chi connectivity index (χ2v) is 7.66. The maximum absolute atomic E-state index is 11.4. The van der Waals surface area contributed by atoms with Crippen molar-refractivity contribution in [2.24, 2.45) is 23.0 Å². The number of carbonyl (C=O) groups excluding carboxylic acids is 1. The van der Waals surface area contributed by atoms with Gasteiger partial charge in [-0.1, -0.05) is 20.8 Å². The molecule has 0 bridgehead atoms. The molecule has 3 atom stereocenters. The minimum Gasteiger partial charge on any atom is -0.350 e. The van der Waals surface area contributed by atoms with Crippen LogP contribution in [0.5, 0.6) is 0 Å². The molecule has 1 aliphatic carbocycles. The van der Waals surface area contributed by atoms with Gasteiger partial charge in [-0.2, -0.15) is 5.26 Å². The van der Waals surface area contributed by atoms with E-state index < -0.39 is 6.04 Å². The molecule has 0 aromatic heterocycles. The molecule has 1 saturated carbocycles. The fraction of sp³-hybridized carbons (Fsp3) is 0.875. The Bertz CT molecular complexity index is 436. The van der Waals surface area contributed by atoms with E-state index in [9.17, 15) is 4.79 Å². The van der Waals surface area contributed by atoms with Gasteiger partial charge in [0.15, 0.2) is 0 Å². The Morgan fingerprint density at radius 1 is 1.48 bits per heavy atom. The highest BCUT2D eigenvalue weighted by atomic mass is 16.2. The molecule has 5 heteroatoms. The van der Waals surface area contributed by atoms with Crippen LogP contribution in [-0.4, -0.2) is 30.6 Å². The topological polar surface area (TPSA) is 90.9 Å². The van der Waals surface area contributed by atoms with Crippen LogP contribution >= 0.6 is 0 Å². The molecule has 2 saturated heterocycles. The molecule has 0 radical (unpaired) electrons. The first-order valence-electron chi connectivity index (χ1n) is 7.96. The van der Waals surface area contributed by atoms with E-state index in [0.717, 1.165) is 25.2 Å². The molecular weight excluding hydrogens is 264 g/mol. The van der Waals surface area contributed by atoms with E-state index in [4.69, 9.17) is 11.0 Å². The maximum Gasteiger partial charge on any atom is 0.223 e. The Morgan fingerprint density at radius 3 is 2.48 bits per heavy atom. The standard InChI is InChI=1S/C9H13N3O.C7H15N/c10-5-7(11)3-6-4-9(1-2-9)12-8(6)13;1-6-4-8-5-7(6,2)3/h6-7H,1-4,11H2,(H,12,13);6,8H,4-5H2,1-3H3. The molecule has 1 spiro atoms. The number of amides is 1. The van der Waals surface area contributed by atoms with Crippen LogP contribution in [0, 0.1) is 28.6 Å². The quantitative estimate of drug-likeness (QED) is 0.712. The van der Waals surface area contributed by atoms with Crippen molar-refractivity contribution in [1.29, 1.82) is 5.26 Å². The zero-order valence-corrected chi connectivity index (χ0v) is 13.4. The summed E-state index contributed by atoms with van der Waals surface area (Å²) in [6, 6.07) is 1.46. The zero-order chi connectivity index (χ0) is 15.7. The predicted molar refractivity (Wildman–Crippen MR) is 82.2 cm³/mol. The maximum atomic E-state index is 11.4. The Morgan fingerprint density at radius 2 is 2.14 bits per heavy atom. The van der Waals surface area contributed by atoms with Crippen molar-refractivity contribution in [3.8, 4) is 6.07 Å². The SMILES string of the molecule is CC1CNCC1(C)C.N#CC(N)CC1CC2(CC2)NC1=O. The van der Waals surface area contributed by atoms with Gasteiger partial charge in [-0.3, -0.25) is 4.79 Å². The Kier molecular flexibility index (Phi) is 4.60. The van der Waals surface area contributed by atoms with Gasteiger partial charge in [0.1, 0.15) is 0 Å². The summed E-state index contributed by atoms with van der Waals surface area (Å²) < 4.78 is 0. The molecule has 4 N–H and O–H groups in total. The highest BCUT2D eigenvalue weighted by Crippen LogP contribution is 2.46. The number of hydrogen-bond acceptors (Lipinski definition) is 4. The highest BCUT2D eigenvalue weighted by Gasteiger charge is 2.52. The number of nitrogens with zero attached hydrogens (tertiary/aromatic N) is 1. The van der Waals surface area contributed by atoms with Gasteiger partial charge in [0.2, 0.25) is 5.91 Å². The molecule has 0 aromatic carbocycles. The summed E-state index contributed by atoms with van der Waals surface area (Å²) in [4.78, 5) is 11.4. The van der Waals surface area contributed by atoms with E-state index in [1.165, 1.54) is 13.1 Å². The molecule has 118 valence electrons. The monoisotopic (exact) mass is 292 g/mol. The summed E-state index contributed by atoms with van der Waals surface area (Å²) in [5.41, 5.74) is 6.13. The van der Waals surface area contributed by atoms with Crippen LogP contribution in [0.1, 0.15) is 46.5 Å². The first-order chi connectivity index (χ1) is 9.78. The van der Waals surface area contributed by atoms with E-state index >= 15 is 0 Å². The van der Waals surface area contributed by atoms with Crippen LogP contribution < -0.4 is 16.4 Å². The van der Waals surface area contributed by atoms with E-state index in [-0.39, 0.29) is 17.4 Å². The third-order valence-electron chi connectivity index (χ3n) is 5.32. The first kappa shape index (κ1) is 16.3. The smallest absolute Gasteiger partial charge is 0.223 e. The molecule has 21 heavy (non-hydrogen) atoms. The minimum atomic E-state index is -0.496. The lowest BCUT2D eigenvalue weighted by atomic mass is 9.84. The number of rotatable bonds is 2. The lowest BCUT2D eigenvalue weighted by Crippen LogP contribution is -2.29. The fourth-order valence-corrected chi connectivity index (χ4v) is 3.07. The van der Waals surface area contributed by atoms with Crippen LogP contribution in [0.15, 0.2) is 0 Å². The van der Waals surface area contributed by atoms with Gasteiger partial charge in [0.05, 0.1) is 12.1 Å². The molecule has 3 fully saturated rings. The highest BCUT2D eigenvalue weighted by molar-refractivity contribution is 5.83. The van der Waals surface area contributed by atoms with Crippen molar-refractivity contribution < 1.29 is 4.79 Å². The van der Waals surface area contributed by atoms with Crippen LogP contribution in [0.25, 0.3) is 0 Å². The van der Waals surface area contributed by atoms with Gasteiger partial charge in [0.25, 0.3) is 0 Å². The van der Waals surface area contributed by atoms with E-state index in [0.29, 0.717) is 11.8 Å². The second kappa shape index (κ2) is 5.94. The largest absolute Gasteiger partial charge is 0.350 e. The summed E-state index contributed by atoms with van der Waals surface area (Å²) in [5.74, 6) is 0.905. The minimum absolute atomic E-state index is 0.0304. The molecular formula is C16H28N4O. The lowest BCUT2D eigenvalue weighted by Gasteiger charge is -2.21. The molecule has 0 aromatic rings. The molecule has 5 nitrogen and oxygen atoms in total. The normalized spacial score (nSPS) is 32.8. The number of nitrogens with two attached hydrogens (primary N) is 1. The number of hydrogen-bond donors (Lipinski definition) is 3. The molecule has 2 heterocycles. The molecule has 1 amide bonds. The van der Waals surface area contributed by atoms with E-state index in [1.807, 2.05) is 6.07 Å². The predicted octanol–water partition coefficient (Wildman–Crippen LogP) is 1.15. The summed E-state index contributed by atoms with van der Waals surface area (Å²) in [7, 11) is 0. The van der Waals surface area contributed by atoms with Crippen LogP contribution in [0.3, 0.4) is 0 Å². The third-order valence-corrected chi connectivity index (χ3v) is 5.32. The van der Waals surface area contributed by atoms with Crippen LogP contribution in [0.2, 0.25) is 0 Å². The Hall–Kier alpha value is -1.12. The van der Waals surface area contributed by atoms with Gasteiger partial charge in [-0.05, 0) is 43.6 Å². The number of nitriles is 1. The van der Waals surface area contributed by atoms with Gasteiger partial charge < -0.3 is 16.4 Å². The van der Waals surface area contributed by atoms with E-state index in [2.05, 4.69) is 31.4 Å². The van der Waals surface area contributed by atoms with Crippen LogP contribution in [0.4, 0.5) is 0 Å². The zero-order valence-electron chi connectivity index (χ0n) is 13.4. The van der Waals surface area contributed by atoms with Gasteiger partial charge in [-0.15, -0.1) is 0 Å². The van der Waals surface area contributed by atoms with Crippen molar-refractivity contribution in [3.05, 3.63) is 0 Å². The van der Waals surface area contributed by atoms with Gasteiger partial charge >= 0.3 is 0 Å². The molecule has 3 unspecified atom stereocenters. The van der Waals surface area contributed by atoms with Crippen molar-refractivity contribution in [3.63, 3.8) is 0 Å². The second-order valence-electron chi connectivity index (χ2n) is 7.66. The molecule has 2 aliphatic heterocycles. The Balaban J connectivity index is 0.000000173. The summed E-state index contributed by atoms with van der Waals surface area (Å²) in [6.07, 6.45) is 3.57. The third kappa shape index (κ3) is 3.96. The van der Waals surface area contributed by atoms with Crippen molar-refractivity contribution in [2.75, 3.05) is 13.1 Å². The van der Waals surface area contributed by atoms with Crippen molar-refractivity contribution in [2.45, 2.75) is 58.0 Å². The van der Waals surface area contributed by atoms with Gasteiger partial charge in [-0.25, -0.2) is 0 Å². The summed E-state index contributed by atoms with van der Waals surface area (Å²) in [6.45, 7) is 9.33. The molecule has 3 aliphatic rings. The summed E-state index contributed by atoms with van der Waals surface area (Å²) >= 11 is 0. The average Bonchev–Trinajstić information content (AvgIpc) is 2.99. The average molecular weight is 292 g/mol. The fourth-order valence-electron chi connectivity index (χ4n) is 3.07. The molecule has 3 rings (SSSR count).